The van der Waals surface area contributed by atoms with E-state index in [-0.39, 0.29) is 0 Å². The molecule has 5 heteroatoms. The van der Waals surface area contributed by atoms with E-state index in [0.717, 1.165) is 49.7 Å². The highest BCUT2D eigenvalue weighted by molar-refractivity contribution is 5.74. The summed E-state index contributed by atoms with van der Waals surface area (Å²) in [5.41, 5.74) is 1.96. The van der Waals surface area contributed by atoms with Gasteiger partial charge in [-0.05, 0) is 33.0 Å². The van der Waals surface area contributed by atoms with Gasteiger partial charge in [0, 0.05) is 44.0 Å². The summed E-state index contributed by atoms with van der Waals surface area (Å²) in [7, 11) is 2.18. The molecule has 1 fully saturated rings. The predicted molar refractivity (Wildman–Crippen MR) is 91.3 cm³/mol. The molecule has 0 aliphatic carbocycles. The first-order valence-corrected chi connectivity index (χ1v) is 7.91. The largest absolute Gasteiger partial charge is 0.355 e. The SMILES string of the molecule is Cc1cnc(C2=CC=CCC=N2)nc1N1CCCN(C)CC1. The van der Waals surface area contributed by atoms with Gasteiger partial charge in [0.1, 0.15) is 11.5 Å². The lowest BCUT2D eigenvalue weighted by Gasteiger charge is -2.23. The van der Waals surface area contributed by atoms with Crippen LogP contribution in [0.15, 0.2) is 29.4 Å². The minimum absolute atomic E-state index is 0.709. The third kappa shape index (κ3) is 3.42. The van der Waals surface area contributed by atoms with Gasteiger partial charge < -0.3 is 9.80 Å². The van der Waals surface area contributed by atoms with Crippen molar-refractivity contribution in [3.8, 4) is 0 Å². The molecule has 1 saturated heterocycles. The van der Waals surface area contributed by atoms with E-state index in [2.05, 4.69) is 39.8 Å². The van der Waals surface area contributed by atoms with E-state index in [1.165, 1.54) is 6.42 Å². The Labute approximate surface area is 132 Å². The van der Waals surface area contributed by atoms with Crippen molar-refractivity contribution in [2.45, 2.75) is 19.8 Å². The maximum absolute atomic E-state index is 4.81. The van der Waals surface area contributed by atoms with Gasteiger partial charge in [-0.3, -0.25) is 4.99 Å². The van der Waals surface area contributed by atoms with Crippen molar-refractivity contribution in [1.82, 2.24) is 14.9 Å². The highest BCUT2D eigenvalue weighted by Crippen LogP contribution is 2.22. The summed E-state index contributed by atoms with van der Waals surface area (Å²) < 4.78 is 0. The molecule has 5 nitrogen and oxygen atoms in total. The molecule has 22 heavy (non-hydrogen) atoms. The molecule has 0 atom stereocenters. The van der Waals surface area contributed by atoms with E-state index in [1.807, 2.05) is 24.6 Å². The first-order chi connectivity index (χ1) is 10.7. The number of allylic oxidation sites excluding steroid dienone is 3. The van der Waals surface area contributed by atoms with Gasteiger partial charge in [0.15, 0.2) is 5.82 Å². The lowest BCUT2D eigenvalue weighted by Crippen LogP contribution is -2.30. The molecule has 2 aliphatic heterocycles. The van der Waals surface area contributed by atoms with Crippen LogP contribution < -0.4 is 4.90 Å². The van der Waals surface area contributed by atoms with E-state index in [9.17, 15) is 0 Å². The van der Waals surface area contributed by atoms with Crippen LogP contribution in [-0.2, 0) is 0 Å². The van der Waals surface area contributed by atoms with Crippen molar-refractivity contribution < 1.29 is 0 Å². The second kappa shape index (κ2) is 6.83. The van der Waals surface area contributed by atoms with E-state index in [0.29, 0.717) is 5.82 Å². The minimum atomic E-state index is 0.709. The van der Waals surface area contributed by atoms with Crippen molar-refractivity contribution in [3.63, 3.8) is 0 Å². The molecule has 0 unspecified atom stereocenters. The summed E-state index contributed by atoms with van der Waals surface area (Å²) in [6.07, 6.45) is 11.9. The molecule has 3 rings (SSSR count). The summed E-state index contributed by atoms with van der Waals surface area (Å²) in [5, 5.41) is 0. The highest BCUT2D eigenvalue weighted by atomic mass is 15.2. The quantitative estimate of drug-likeness (QED) is 0.840. The number of anilines is 1. The second-order valence-corrected chi connectivity index (χ2v) is 5.87. The Balaban J connectivity index is 1.89. The number of nitrogens with zero attached hydrogens (tertiary/aromatic N) is 5. The highest BCUT2D eigenvalue weighted by Gasteiger charge is 2.17. The Morgan fingerprint density at radius 2 is 2.05 bits per heavy atom. The molecule has 3 heterocycles. The summed E-state index contributed by atoms with van der Waals surface area (Å²) in [6, 6.07) is 0. The van der Waals surface area contributed by atoms with Gasteiger partial charge in [-0.1, -0.05) is 12.2 Å². The van der Waals surface area contributed by atoms with E-state index in [4.69, 9.17) is 4.98 Å². The summed E-state index contributed by atoms with van der Waals surface area (Å²) in [5.74, 6) is 1.76. The van der Waals surface area contributed by atoms with Gasteiger partial charge in [0.2, 0.25) is 0 Å². The van der Waals surface area contributed by atoms with Gasteiger partial charge >= 0.3 is 0 Å². The zero-order valence-electron chi connectivity index (χ0n) is 13.4. The van der Waals surface area contributed by atoms with Crippen LogP contribution in [0.4, 0.5) is 5.82 Å². The predicted octanol–water partition coefficient (Wildman–Crippen LogP) is 2.30. The number of hydrogen-bond acceptors (Lipinski definition) is 5. The third-order valence-corrected chi connectivity index (χ3v) is 4.06. The Hall–Kier alpha value is -2.01. The van der Waals surface area contributed by atoms with Crippen molar-refractivity contribution in [2.24, 2.45) is 4.99 Å². The van der Waals surface area contributed by atoms with Crippen molar-refractivity contribution >= 4 is 17.7 Å². The molecule has 116 valence electrons. The standard InChI is InChI=1S/C17H23N5/c1-14-13-19-16(15-7-4-3-5-8-18-15)20-17(14)22-10-6-9-21(2)11-12-22/h3-4,7-8,13H,5-6,9-12H2,1-2H3. The van der Waals surface area contributed by atoms with Crippen LogP contribution >= 0.6 is 0 Å². The van der Waals surface area contributed by atoms with Crippen molar-refractivity contribution in [2.75, 3.05) is 38.1 Å². The number of aryl methyl sites for hydroxylation is 1. The van der Waals surface area contributed by atoms with Gasteiger partial charge in [-0.15, -0.1) is 0 Å². The molecule has 0 bridgehead atoms. The minimum Gasteiger partial charge on any atom is -0.355 e. The van der Waals surface area contributed by atoms with Crippen LogP contribution in [0, 0.1) is 6.92 Å². The lowest BCUT2D eigenvalue weighted by molar-refractivity contribution is 0.360. The number of likely N-dealkylation sites (N-methyl/N-ethyl adjacent to an activating group) is 1. The van der Waals surface area contributed by atoms with Crippen LogP contribution in [0.2, 0.25) is 0 Å². The van der Waals surface area contributed by atoms with Crippen molar-refractivity contribution in [1.29, 1.82) is 0 Å². The van der Waals surface area contributed by atoms with Gasteiger partial charge in [-0.2, -0.15) is 0 Å². The van der Waals surface area contributed by atoms with Gasteiger partial charge in [-0.25, -0.2) is 9.97 Å². The van der Waals surface area contributed by atoms with Crippen LogP contribution in [0.1, 0.15) is 24.2 Å². The first-order valence-electron chi connectivity index (χ1n) is 7.91. The first kappa shape index (κ1) is 14.9. The zero-order valence-corrected chi connectivity index (χ0v) is 13.4. The third-order valence-electron chi connectivity index (χ3n) is 4.06. The molecule has 0 saturated carbocycles. The molecule has 0 amide bonds. The molecule has 2 aliphatic rings. The summed E-state index contributed by atoms with van der Waals surface area (Å²) >= 11 is 0. The van der Waals surface area contributed by atoms with Crippen LogP contribution in [0.25, 0.3) is 5.70 Å². The Bertz CT molecular complexity index is 617. The van der Waals surface area contributed by atoms with Crippen LogP contribution in [-0.4, -0.2) is 54.3 Å². The number of rotatable bonds is 2. The fourth-order valence-electron chi connectivity index (χ4n) is 2.76. The number of hydrogen-bond donors (Lipinski definition) is 0. The molecule has 1 aromatic heterocycles. The van der Waals surface area contributed by atoms with Gasteiger partial charge in [0.05, 0.1) is 0 Å². The Morgan fingerprint density at radius 3 is 2.95 bits per heavy atom. The molecule has 0 N–H and O–H groups in total. The van der Waals surface area contributed by atoms with Crippen molar-refractivity contribution in [3.05, 3.63) is 35.8 Å². The average Bonchev–Trinajstić information content (AvgIpc) is 2.91. The molecule has 0 radical (unpaired) electrons. The lowest BCUT2D eigenvalue weighted by atomic mass is 10.2. The fourth-order valence-corrected chi connectivity index (χ4v) is 2.76. The molecular formula is C17H23N5. The van der Waals surface area contributed by atoms with E-state index < -0.39 is 0 Å². The fraction of sp³-hybridized carbons (Fsp3) is 0.471. The monoisotopic (exact) mass is 297 g/mol. The van der Waals surface area contributed by atoms with Crippen LogP contribution in [0.5, 0.6) is 0 Å². The molecule has 0 spiro atoms. The smallest absolute Gasteiger partial charge is 0.180 e. The maximum atomic E-state index is 4.81. The normalized spacial score (nSPS) is 19.7. The Morgan fingerprint density at radius 1 is 1.14 bits per heavy atom. The number of aromatic nitrogens is 2. The Kier molecular flexibility index (Phi) is 4.63. The second-order valence-electron chi connectivity index (χ2n) is 5.87. The molecule has 0 aromatic carbocycles. The number of aliphatic imine (C=N–C) groups is 1. The molecular weight excluding hydrogens is 274 g/mol. The van der Waals surface area contributed by atoms with Gasteiger partial charge in [0.25, 0.3) is 0 Å². The average molecular weight is 297 g/mol. The summed E-state index contributed by atoms with van der Waals surface area (Å²) in [4.78, 5) is 18.5. The molecule has 1 aromatic rings. The van der Waals surface area contributed by atoms with E-state index >= 15 is 0 Å². The zero-order chi connectivity index (χ0) is 15.4. The maximum Gasteiger partial charge on any atom is 0.180 e. The van der Waals surface area contributed by atoms with E-state index in [1.54, 1.807) is 0 Å². The topological polar surface area (TPSA) is 44.6 Å². The van der Waals surface area contributed by atoms with Crippen LogP contribution in [0.3, 0.4) is 0 Å². The summed E-state index contributed by atoms with van der Waals surface area (Å²) in [6.45, 7) is 6.36.